The van der Waals surface area contributed by atoms with Crippen LogP contribution in [0.15, 0.2) is 83.9 Å². The zero-order valence-corrected chi connectivity index (χ0v) is 45.3. The van der Waals surface area contributed by atoms with E-state index in [0.717, 1.165) is 43.3 Å². The van der Waals surface area contributed by atoms with Crippen LogP contribution in [-0.4, -0.2) is 141 Å². The smallest absolute Gasteiger partial charge is 0.246 e. The first-order chi connectivity index (χ1) is 36.7. The second-order valence-corrected chi connectivity index (χ2v) is 22.2. The van der Waals surface area contributed by atoms with Crippen molar-refractivity contribution in [2.75, 3.05) is 39.4 Å². The molecule has 8 rings (SSSR count). The van der Waals surface area contributed by atoms with Crippen LogP contribution in [0, 0.1) is 26.2 Å². The largest absolute Gasteiger partial charge is 0.391 e. The molecule has 3 aliphatic rings. The number of nitrogens with zero attached hydrogens (tertiary/aromatic N) is 5. The van der Waals surface area contributed by atoms with Gasteiger partial charge < -0.3 is 46.6 Å². The normalized spacial score (nSPS) is 22.3. The van der Waals surface area contributed by atoms with Crippen molar-refractivity contribution in [3.63, 3.8) is 0 Å². The Morgan fingerprint density at radius 3 is 2.26 bits per heavy atom. The SMILES string of the molecule is Cc1sc2c(c1C)C(c1ccc(Cl)cc1)=N[C@@H](CC(=O)NC[C@H]1NC(=O)CNC(=O)C[C@@H](Cc3ccc(-c4ccccc4)cc3)NC(=O)[C@@H]3C[C@@H](O)CN3C(=O)[C@H](C(C)(C)C)NC(=O)COCCNC1=O)c1nnc(C)n1-2. The van der Waals surface area contributed by atoms with Crippen molar-refractivity contribution in [3.05, 3.63) is 123 Å². The maximum atomic E-state index is 14.3. The van der Waals surface area contributed by atoms with Crippen molar-refractivity contribution in [3.8, 4) is 16.1 Å². The summed E-state index contributed by atoms with van der Waals surface area (Å²) >= 11 is 7.85. The molecule has 0 radical (unpaired) electrons. The number of nitrogens with one attached hydrogen (secondary N) is 6. The number of amides is 7. The molecule has 0 aliphatic carbocycles. The number of aryl methyl sites for hydroxylation is 2. The van der Waals surface area contributed by atoms with E-state index >= 15 is 0 Å². The maximum absolute atomic E-state index is 14.3. The quantitative estimate of drug-likeness (QED) is 0.119. The second kappa shape index (κ2) is 24.3. The number of benzene rings is 3. The molecule has 3 aromatic carbocycles. The van der Waals surface area contributed by atoms with E-state index in [1.807, 2.05) is 92.1 Å². The van der Waals surface area contributed by atoms with Gasteiger partial charge >= 0.3 is 0 Å². The van der Waals surface area contributed by atoms with Crippen molar-refractivity contribution in [1.82, 2.24) is 51.6 Å². The molecule has 2 aromatic heterocycles. The summed E-state index contributed by atoms with van der Waals surface area (Å²) < 4.78 is 7.50. The van der Waals surface area contributed by atoms with Crippen LogP contribution in [0.3, 0.4) is 0 Å². The number of fused-ring (bicyclic) bond motifs is 4. The number of hydrogen-bond acceptors (Lipinski definition) is 13. The summed E-state index contributed by atoms with van der Waals surface area (Å²) in [4.78, 5) is 105. The number of aliphatic hydroxyl groups excluding tert-OH is 1. The summed E-state index contributed by atoms with van der Waals surface area (Å²) in [6, 6.07) is 19.3. The molecular formula is C55H64ClN11O9S. The van der Waals surface area contributed by atoms with Gasteiger partial charge in [0.15, 0.2) is 5.82 Å². The Labute approximate surface area is 455 Å². The Morgan fingerprint density at radius 2 is 1.55 bits per heavy atom. The van der Waals surface area contributed by atoms with E-state index in [4.69, 9.17) is 21.3 Å². The van der Waals surface area contributed by atoms with Gasteiger partial charge in [-0.2, -0.15) is 0 Å². The minimum Gasteiger partial charge on any atom is -0.391 e. The van der Waals surface area contributed by atoms with Gasteiger partial charge in [0, 0.05) is 59.5 Å². The Balaban J connectivity index is 1.01. The van der Waals surface area contributed by atoms with E-state index in [0.29, 0.717) is 22.4 Å². The second-order valence-electron chi connectivity index (χ2n) is 20.6. The summed E-state index contributed by atoms with van der Waals surface area (Å²) in [7, 11) is 0. The lowest BCUT2D eigenvalue weighted by molar-refractivity contribution is -0.144. The molecule has 3 aliphatic heterocycles. The molecule has 22 heteroatoms. The molecule has 20 nitrogen and oxygen atoms in total. The molecule has 2 fully saturated rings. The summed E-state index contributed by atoms with van der Waals surface area (Å²) in [5.74, 6) is -3.39. The first-order valence-electron chi connectivity index (χ1n) is 25.5. The number of ether oxygens (including phenoxy) is 1. The number of thiophene rings is 1. The van der Waals surface area contributed by atoms with Gasteiger partial charge in [-0.3, -0.25) is 43.1 Å². The summed E-state index contributed by atoms with van der Waals surface area (Å²) in [5.41, 5.74) is 5.21. The number of hydrogen-bond donors (Lipinski definition) is 7. The average Bonchev–Trinajstić information content (AvgIpc) is 4.06. The van der Waals surface area contributed by atoms with Crippen LogP contribution in [0.25, 0.3) is 16.1 Å². The highest BCUT2D eigenvalue weighted by Gasteiger charge is 2.45. The van der Waals surface area contributed by atoms with Crippen molar-refractivity contribution in [1.29, 1.82) is 0 Å². The molecule has 0 saturated carbocycles. The third-order valence-corrected chi connectivity index (χ3v) is 15.2. The lowest BCUT2D eigenvalue weighted by atomic mass is 9.85. The highest BCUT2D eigenvalue weighted by Crippen LogP contribution is 2.40. The van der Waals surface area contributed by atoms with E-state index < -0.39 is 96.2 Å². The molecule has 5 heterocycles. The van der Waals surface area contributed by atoms with Crippen LogP contribution in [-0.2, 0) is 44.7 Å². The average molecular weight is 1090 g/mol. The molecule has 77 heavy (non-hydrogen) atoms. The number of aliphatic hydroxyl groups is 1. The molecule has 7 amide bonds. The topological polar surface area (TPSA) is 267 Å². The van der Waals surface area contributed by atoms with E-state index in [2.05, 4.69) is 42.1 Å². The molecule has 6 atom stereocenters. The van der Waals surface area contributed by atoms with Gasteiger partial charge in [-0.05, 0) is 67.0 Å². The zero-order chi connectivity index (χ0) is 55.1. The molecular weight excluding hydrogens is 1030 g/mol. The molecule has 5 aromatic rings. The standard InChI is InChI=1S/C55H64ClN11O9S/c1-30-31(2)77-54-47(30)48(36-16-18-37(56)19-17-36)62-40(50-65-64-32(3)67(50)54)25-44(70)58-26-41-51(73)57-20-21-76-29-46(72)63-49(55(4,5)6)53(75)66-28-39(68)24-42(66)52(74)60-38(23-43(69)59-27-45(71)61-41)22-33-12-14-35(15-13-33)34-10-8-7-9-11-34/h7-19,38-42,49,68H,20-29H2,1-6H3,(H,57,73)(H,58,70)(H,59,69)(H,60,74)(H,61,71)(H,63,72)/t38-,39-,40+,41-,42+,49-/m1/s1. The number of carbonyl (C=O) groups is 7. The highest BCUT2D eigenvalue weighted by atomic mass is 35.5. The summed E-state index contributed by atoms with van der Waals surface area (Å²) in [6.45, 7) is 9.25. The van der Waals surface area contributed by atoms with E-state index in [-0.39, 0.29) is 51.9 Å². The third kappa shape index (κ3) is 13.6. The van der Waals surface area contributed by atoms with Crippen LogP contribution in [0.1, 0.15) is 84.9 Å². The molecule has 2 saturated heterocycles. The van der Waals surface area contributed by atoms with Crippen molar-refractivity contribution >= 4 is 70.0 Å². The van der Waals surface area contributed by atoms with Crippen LogP contribution in [0.5, 0.6) is 0 Å². The lowest BCUT2D eigenvalue weighted by Gasteiger charge is -2.35. The van der Waals surface area contributed by atoms with Crippen molar-refractivity contribution < 1.29 is 43.4 Å². The maximum Gasteiger partial charge on any atom is 0.246 e. The van der Waals surface area contributed by atoms with Crippen molar-refractivity contribution in [2.24, 2.45) is 10.4 Å². The lowest BCUT2D eigenvalue weighted by Crippen LogP contribution is -2.59. The number of carbonyl (C=O) groups excluding carboxylic acids is 7. The predicted octanol–water partition coefficient (Wildman–Crippen LogP) is 3.33. The molecule has 0 spiro atoms. The van der Waals surface area contributed by atoms with Gasteiger partial charge in [0.05, 0.1) is 31.4 Å². The Morgan fingerprint density at radius 1 is 0.844 bits per heavy atom. The first kappa shape index (κ1) is 55.9. The Bertz CT molecular complexity index is 3050. The Hall–Kier alpha value is -7.33. The number of aromatic nitrogens is 3. The Kier molecular flexibility index (Phi) is 17.7. The van der Waals surface area contributed by atoms with Crippen molar-refractivity contribution in [2.45, 2.75) is 104 Å². The van der Waals surface area contributed by atoms with Gasteiger partial charge in [0.2, 0.25) is 41.4 Å². The fourth-order valence-corrected chi connectivity index (χ4v) is 10.9. The van der Waals surface area contributed by atoms with E-state index in [1.165, 1.54) is 4.90 Å². The fourth-order valence-electron chi connectivity index (χ4n) is 9.60. The number of aliphatic imine (C=N–C) groups is 1. The zero-order valence-electron chi connectivity index (χ0n) is 43.8. The van der Waals surface area contributed by atoms with Gasteiger partial charge in [0.1, 0.15) is 41.6 Å². The van der Waals surface area contributed by atoms with Gasteiger partial charge in [-0.1, -0.05) is 99.1 Å². The molecule has 406 valence electrons. The third-order valence-electron chi connectivity index (χ3n) is 13.7. The van der Waals surface area contributed by atoms with Gasteiger partial charge in [-0.25, -0.2) is 0 Å². The number of rotatable bonds is 8. The summed E-state index contributed by atoms with van der Waals surface area (Å²) in [5, 5.41) is 37.4. The predicted molar refractivity (Wildman–Crippen MR) is 289 cm³/mol. The van der Waals surface area contributed by atoms with Gasteiger partial charge in [-0.15, -0.1) is 21.5 Å². The molecule has 7 N–H and O–H groups in total. The van der Waals surface area contributed by atoms with Crippen LogP contribution in [0.4, 0.5) is 0 Å². The molecule has 0 unspecified atom stereocenters. The monoisotopic (exact) mass is 1090 g/mol. The van der Waals surface area contributed by atoms with E-state index in [1.54, 1.807) is 44.2 Å². The van der Waals surface area contributed by atoms with Crippen LogP contribution < -0.4 is 31.9 Å². The highest BCUT2D eigenvalue weighted by molar-refractivity contribution is 7.15. The first-order valence-corrected chi connectivity index (χ1v) is 26.7. The minimum absolute atomic E-state index is 0.0816. The van der Waals surface area contributed by atoms with Crippen LogP contribution in [0.2, 0.25) is 5.02 Å². The molecule has 0 bridgehead atoms. The fraction of sp³-hybridized carbons (Fsp3) is 0.418. The number of halogens is 1. The summed E-state index contributed by atoms with van der Waals surface area (Å²) in [6.07, 6.45) is -1.46. The minimum atomic E-state index is -1.36. The van der Waals surface area contributed by atoms with Crippen LogP contribution >= 0.6 is 22.9 Å². The van der Waals surface area contributed by atoms with E-state index in [9.17, 15) is 38.7 Å². The van der Waals surface area contributed by atoms with Gasteiger partial charge in [0.25, 0.3) is 0 Å².